The minimum absolute atomic E-state index is 0.192. The standard InChI is InChI=1S/C20H20Cl2NO5P/c21-15-6-8-18-13(11-15)10-14-12-16(22)7-9-19(14)28-29(25,27-18)23-20(24)26-17-4-2-1-3-5-17/h6-9,11-12,17H,1-5,10H2,(H,23,24,25). The van der Waals surface area contributed by atoms with Gasteiger partial charge >= 0.3 is 13.8 Å². The summed E-state index contributed by atoms with van der Waals surface area (Å²) in [5.41, 5.74) is 1.40. The lowest BCUT2D eigenvalue weighted by Crippen LogP contribution is -2.31. The number of fused-ring (bicyclic) bond motifs is 2. The highest BCUT2D eigenvalue weighted by Gasteiger charge is 2.36. The van der Waals surface area contributed by atoms with Gasteiger partial charge in [0, 0.05) is 27.6 Å². The molecule has 0 bridgehead atoms. The number of carbonyl (C=O) groups excluding carboxylic acids is 1. The Morgan fingerprint density at radius 1 is 0.966 bits per heavy atom. The van der Waals surface area contributed by atoms with E-state index in [1.54, 1.807) is 36.4 Å². The maximum absolute atomic E-state index is 13.4. The van der Waals surface area contributed by atoms with E-state index in [9.17, 15) is 9.36 Å². The molecule has 1 heterocycles. The summed E-state index contributed by atoms with van der Waals surface area (Å²) < 4.78 is 30.2. The highest BCUT2D eigenvalue weighted by Crippen LogP contribution is 2.49. The third-order valence-electron chi connectivity index (χ3n) is 4.92. The van der Waals surface area contributed by atoms with Gasteiger partial charge in [0.2, 0.25) is 0 Å². The van der Waals surface area contributed by atoms with Crippen LogP contribution < -0.4 is 14.1 Å². The van der Waals surface area contributed by atoms with Gasteiger partial charge in [0.15, 0.2) is 0 Å². The van der Waals surface area contributed by atoms with Gasteiger partial charge in [0.05, 0.1) is 0 Å². The summed E-state index contributed by atoms with van der Waals surface area (Å²) in [7, 11) is -4.11. The lowest BCUT2D eigenvalue weighted by Gasteiger charge is -2.27. The number of hydrogen-bond acceptors (Lipinski definition) is 5. The van der Waals surface area contributed by atoms with Gasteiger partial charge in [0.25, 0.3) is 0 Å². The summed E-state index contributed by atoms with van der Waals surface area (Å²) in [4.78, 5) is 12.4. The van der Waals surface area contributed by atoms with Crippen LogP contribution in [0, 0.1) is 0 Å². The molecule has 0 radical (unpaired) electrons. The number of benzene rings is 2. The van der Waals surface area contributed by atoms with Crippen LogP contribution in [0.15, 0.2) is 36.4 Å². The SMILES string of the molecule is O=C(NP1(=O)Oc2ccc(Cl)cc2Cc2cc(Cl)ccc2O1)OC1CCCCC1. The highest BCUT2D eigenvalue weighted by molar-refractivity contribution is 7.53. The van der Waals surface area contributed by atoms with Crippen LogP contribution in [0.3, 0.4) is 0 Å². The smallest absolute Gasteiger partial charge is 0.446 e. The molecule has 1 aliphatic carbocycles. The predicted molar refractivity (Wildman–Crippen MR) is 111 cm³/mol. The number of amides is 1. The topological polar surface area (TPSA) is 73.9 Å². The second kappa shape index (κ2) is 8.47. The fourth-order valence-electron chi connectivity index (χ4n) is 3.55. The highest BCUT2D eigenvalue weighted by atomic mass is 35.5. The van der Waals surface area contributed by atoms with Crippen molar-refractivity contribution in [3.63, 3.8) is 0 Å². The largest absolute Gasteiger partial charge is 0.546 e. The van der Waals surface area contributed by atoms with Gasteiger partial charge in [-0.25, -0.2) is 14.4 Å². The Morgan fingerprint density at radius 2 is 1.52 bits per heavy atom. The molecule has 1 aliphatic heterocycles. The molecular weight excluding hydrogens is 436 g/mol. The van der Waals surface area contributed by atoms with Crippen LogP contribution in [-0.2, 0) is 15.7 Å². The number of nitrogens with one attached hydrogen (secondary N) is 1. The van der Waals surface area contributed by atoms with Crippen molar-refractivity contribution >= 4 is 37.0 Å². The zero-order chi connectivity index (χ0) is 20.4. The summed E-state index contributed by atoms with van der Waals surface area (Å²) in [6, 6.07) is 9.86. The minimum Gasteiger partial charge on any atom is -0.446 e. The van der Waals surface area contributed by atoms with Crippen LogP contribution in [0.2, 0.25) is 10.0 Å². The fourth-order valence-corrected chi connectivity index (χ4v) is 5.22. The summed E-state index contributed by atoms with van der Waals surface area (Å²) >= 11 is 12.2. The molecule has 1 fully saturated rings. The van der Waals surface area contributed by atoms with Crippen LogP contribution in [0.25, 0.3) is 0 Å². The quantitative estimate of drug-likeness (QED) is 0.521. The lowest BCUT2D eigenvalue weighted by atomic mass is 9.98. The van der Waals surface area contributed by atoms with Crippen molar-refractivity contribution in [1.82, 2.24) is 5.09 Å². The van der Waals surface area contributed by atoms with Crippen LogP contribution in [-0.4, -0.2) is 12.2 Å². The van der Waals surface area contributed by atoms with Crippen LogP contribution in [0.1, 0.15) is 43.2 Å². The van der Waals surface area contributed by atoms with Crippen molar-refractivity contribution in [3.05, 3.63) is 57.6 Å². The Labute approximate surface area is 179 Å². The number of ether oxygens (including phenoxy) is 1. The van der Waals surface area contributed by atoms with Gasteiger partial charge in [-0.15, -0.1) is 0 Å². The van der Waals surface area contributed by atoms with Crippen molar-refractivity contribution in [3.8, 4) is 11.5 Å². The first kappa shape index (κ1) is 20.4. The molecule has 1 amide bonds. The predicted octanol–water partition coefficient (Wildman–Crippen LogP) is 6.52. The van der Waals surface area contributed by atoms with E-state index in [-0.39, 0.29) is 6.10 Å². The lowest BCUT2D eigenvalue weighted by molar-refractivity contribution is 0.0785. The number of rotatable bonds is 2. The molecule has 154 valence electrons. The molecule has 2 aliphatic rings. The number of halogens is 2. The molecular formula is C20H20Cl2NO5P. The molecule has 1 saturated carbocycles. The first-order chi connectivity index (χ1) is 13.9. The van der Waals surface area contributed by atoms with Crippen molar-refractivity contribution in [2.45, 2.75) is 44.6 Å². The van der Waals surface area contributed by atoms with Crippen LogP contribution in [0.5, 0.6) is 11.5 Å². The Balaban J connectivity index is 1.63. The monoisotopic (exact) mass is 455 g/mol. The van der Waals surface area contributed by atoms with Gasteiger partial charge in [0.1, 0.15) is 17.6 Å². The average Bonchev–Trinajstić information content (AvgIpc) is 2.66. The van der Waals surface area contributed by atoms with E-state index in [0.29, 0.717) is 39.1 Å². The van der Waals surface area contributed by atoms with Crippen molar-refractivity contribution in [1.29, 1.82) is 0 Å². The zero-order valence-electron chi connectivity index (χ0n) is 15.5. The molecule has 0 saturated heterocycles. The van der Waals surface area contributed by atoms with Gasteiger partial charge < -0.3 is 13.8 Å². The van der Waals surface area contributed by atoms with E-state index in [0.717, 1.165) is 32.1 Å². The molecule has 0 spiro atoms. The van der Waals surface area contributed by atoms with Crippen LogP contribution in [0.4, 0.5) is 4.79 Å². The molecule has 9 heteroatoms. The van der Waals surface area contributed by atoms with Gasteiger partial charge in [-0.3, -0.25) is 0 Å². The second-order valence-electron chi connectivity index (χ2n) is 7.14. The first-order valence-electron chi connectivity index (χ1n) is 9.45. The van der Waals surface area contributed by atoms with Gasteiger partial charge in [-0.05, 0) is 62.1 Å². The second-order valence-corrected chi connectivity index (χ2v) is 9.59. The van der Waals surface area contributed by atoms with Crippen molar-refractivity contribution in [2.75, 3.05) is 0 Å². The number of hydrogen-bond donors (Lipinski definition) is 1. The van der Waals surface area contributed by atoms with E-state index in [1.807, 2.05) is 0 Å². The van der Waals surface area contributed by atoms with E-state index >= 15 is 0 Å². The van der Waals surface area contributed by atoms with Crippen molar-refractivity contribution in [2.24, 2.45) is 0 Å². The maximum atomic E-state index is 13.4. The van der Waals surface area contributed by atoms with Crippen LogP contribution >= 0.6 is 30.9 Å². The fraction of sp³-hybridized carbons (Fsp3) is 0.350. The molecule has 0 atom stereocenters. The molecule has 1 N–H and O–H groups in total. The average molecular weight is 456 g/mol. The van der Waals surface area contributed by atoms with E-state index in [1.165, 1.54) is 0 Å². The molecule has 4 rings (SSSR count). The Morgan fingerprint density at radius 3 is 2.07 bits per heavy atom. The number of carbonyl (C=O) groups is 1. The Kier molecular flexibility index (Phi) is 5.95. The summed E-state index contributed by atoms with van der Waals surface area (Å²) in [5.74, 6) is 0.614. The van der Waals surface area contributed by atoms with E-state index < -0.39 is 13.8 Å². The summed E-state index contributed by atoms with van der Waals surface area (Å²) in [6.45, 7) is 0. The Hall–Kier alpha value is -1.88. The first-order valence-corrected chi connectivity index (χ1v) is 11.7. The molecule has 2 aromatic rings. The molecule has 2 aromatic carbocycles. The maximum Gasteiger partial charge on any atom is 0.546 e. The molecule has 0 unspecified atom stereocenters. The molecule has 6 nitrogen and oxygen atoms in total. The molecule has 0 aromatic heterocycles. The summed E-state index contributed by atoms with van der Waals surface area (Å²) in [5, 5.41) is 3.33. The van der Waals surface area contributed by atoms with E-state index in [4.69, 9.17) is 37.0 Å². The molecule has 29 heavy (non-hydrogen) atoms. The van der Waals surface area contributed by atoms with Gasteiger partial charge in [-0.2, -0.15) is 0 Å². The summed E-state index contributed by atoms with van der Waals surface area (Å²) in [6.07, 6.45) is 4.12. The minimum atomic E-state index is -4.11. The third-order valence-corrected chi connectivity index (χ3v) is 6.72. The Bertz CT molecular complexity index is 920. The van der Waals surface area contributed by atoms with Gasteiger partial charge in [-0.1, -0.05) is 29.6 Å². The van der Waals surface area contributed by atoms with Crippen molar-refractivity contribution < 1.29 is 23.1 Å². The normalized spacial score (nSPS) is 18.1. The third kappa shape index (κ3) is 5.00. The zero-order valence-corrected chi connectivity index (χ0v) is 17.9. The van der Waals surface area contributed by atoms with E-state index in [2.05, 4.69) is 5.09 Å².